The highest BCUT2D eigenvalue weighted by Crippen LogP contribution is 2.30. The first-order chi connectivity index (χ1) is 21.1. The number of hydrogen-bond acceptors (Lipinski definition) is 10. The van der Waals surface area contributed by atoms with Gasteiger partial charge in [-0.3, -0.25) is 14.7 Å². The molecule has 1 atom stereocenters. The molecule has 0 unspecified atom stereocenters. The molecule has 0 aliphatic carbocycles. The van der Waals surface area contributed by atoms with E-state index in [1.807, 2.05) is 45.0 Å². The number of aromatic nitrogens is 2. The molecule has 0 spiro atoms. The summed E-state index contributed by atoms with van der Waals surface area (Å²) < 4.78 is 21.9. The predicted molar refractivity (Wildman–Crippen MR) is 162 cm³/mol. The van der Waals surface area contributed by atoms with Crippen LogP contribution in [0.5, 0.6) is 11.5 Å². The summed E-state index contributed by atoms with van der Waals surface area (Å²) in [6, 6.07) is 15.0. The lowest BCUT2D eigenvalue weighted by molar-refractivity contribution is -0.118. The molecule has 2 aliphatic rings. The molecule has 5 rings (SSSR count). The van der Waals surface area contributed by atoms with E-state index in [2.05, 4.69) is 32.0 Å². The maximum atomic E-state index is 12.5. The molecule has 1 aromatic carbocycles. The van der Waals surface area contributed by atoms with Crippen molar-refractivity contribution in [3.05, 3.63) is 60.3 Å². The molecule has 3 amide bonds. The van der Waals surface area contributed by atoms with Crippen LogP contribution in [0.15, 0.2) is 54.7 Å². The lowest BCUT2D eigenvalue weighted by Gasteiger charge is -2.19. The van der Waals surface area contributed by atoms with Crippen molar-refractivity contribution < 1.29 is 33.3 Å². The summed E-state index contributed by atoms with van der Waals surface area (Å²) in [5.74, 6) is 1.51. The number of nitrogens with zero attached hydrogens (tertiary/aromatic N) is 3. The Labute approximate surface area is 255 Å². The van der Waals surface area contributed by atoms with Crippen molar-refractivity contribution in [3.8, 4) is 22.8 Å². The Hall–Kier alpha value is -4.91. The highest BCUT2D eigenvalue weighted by molar-refractivity contribution is 5.95. The third-order valence-corrected chi connectivity index (χ3v) is 6.58. The number of amides is 3. The Morgan fingerprint density at radius 1 is 1.14 bits per heavy atom. The topological polar surface area (TPSA) is 153 Å². The minimum Gasteiger partial charge on any atom is -0.492 e. The number of anilines is 2. The molecule has 0 saturated carbocycles. The van der Waals surface area contributed by atoms with E-state index in [4.69, 9.17) is 18.9 Å². The lowest BCUT2D eigenvalue weighted by Crippen LogP contribution is -2.34. The van der Waals surface area contributed by atoms with Gasteiger partial charge in [-0.15, -0.1) is 0 Å². The van der Waals surface area contributed by atoms with Crippen molar-refractivity contribution >= 4 is 29.7 Å². The van der Waals surface area contributed by atoms with Crippen LogP contribution in [0.25, 0.3) is 11.3 Å². The zero-order valence-electron chi connectivity index (χ0n) is 24.9. The van der Waals surface area contributed by atoms with Crippen LogP contribution >= 0.6 is 0 Å². The normalized spacial score (nSPS) is 16.0. The third-order valence-electron chi connectivity index (χ3n) is 6.58. The summed E-state index contributed by atoms with van der Waals surface area (Å²) in [7, 11) is 0. The van der Waals surface area contributed by atoms with Crippen molar-refractivity contribution in [1.82, 2.24) is 20.6 Å². The molecule has 4 heterocycles. The second kappa shape index (κ2) is 13.6. The van der Waals surface area contributed by atoms with E-state index in [0.717, 1.165) is 16.8 Å². The largest absolute Gasteiger partial charge is 0.492 e. The molecule has 3 N–H and O–H groups in total. The summed E-state index contributed by atoms with van der Waals surface area (Å²) in [5, 5.41) is 8.74. The second-order valence-corrected chi connectivity index (χ2v) is 11.3. The average Bonchev–Trinajstić information content (AvgIpc) is 3.36. The molecule has 2 aliphatic heterocycles. The molecular formula is C31H36N6O7. The number of hydrogen-bond donors (Lipinski definition) is 3. The number of ether oxygens (including phenoxy) is 4. The van der Waals surface area contributed by atoms with Crippen molar-refractivity contribution in [2.75, 3.05) is 43.1 Å². The fourth-order valence-electron chi connectivity index (χ4n) is 4.59. The van der Waals surface area contributed by atoms with E-state index >= 15 is 0 Å². The second-order valence-electron chi connectivity index (χ2n) is 11.3. The van der Waals surface area contributed by atoms with Gasteiger partial charge >= 0.3 is 12.2 Å². The molecular weight excluding hydrogens is 568 g/mol. The number of fused-ring (bicyclic) bond motifs is 1. The van der Waals surface area contributed by atoms with Crippen molar-refractivity contribution in [3.63, 3.8) is 0 Å². The summed E-state index contributed by atoms with van der Waals surface area (Å²) in [5.41, 5.74) is 2.23. The van der Waals surface area contributed by atoms with Crippen LogP contribution in [0.3, 0.4) is 0 Å². The van der Waals surface area contributed by atoms with Crippen LogP contribution in [0, 0.1) is 0 Å². The van der Waals surface area contributed by atoms with E-state index in [1.165, 1.54) is 4.90 Å². The maximum absolute atomic E-state index is 12.5. The SMILES string of the molecule is CC(C)(C)OC(=O)NCCOc1ccnc(-c2cccc(CNCC[C@H]3CN(c4ccc5c(n4)NC(=O)CO5)C(=O)O3)c2)c1. The Morgan fingerprint density at radius 2 is 2.00 bits per heavy atom. The average molecular weight is 605 g/mol. The van der Waals surface area contributed by atoms with Gasteiger partial charge in [0.05, 0.1) is 18.8 Å². The number of rotatable bonds is 11. The molecule has 2 aromatic heterocycles. The van der Waals surface area contributed by atoms with E-state index in [-0.39, 0.29) is 25.2 Å². The first kappa shape index (κ1) is 30.5. The smallest absolute Gasteiger partial charge is 0.415 e. The molecule has 1 saturated heterocycles. The number of alkyl carbamates (subject to hydrolysis) is 1. The summed E-state index contributed by atoms with van der Waals surface area (Å²) in [4.78, 5) is 46.2. The molecule has 13 heteroatoms. The molecule has 13 nitrogen and oxygen atoms in total. The maximum Gasteiger partial charge on any atom is 0.415 e. The molecule has 0 bridgehead atoms. The highest BCUT2D eigenvalue weighted by atomic mass is 16.6. The standard InChI is InChI=1S/C31H36N6O7/c1-31(2,3)44-29(39)34-13-14-41-22-10-12-33-24(16-22)21-6-4-5-20(15-21)17-32-11-9-23-18-37(30(40)43-23)26-8-7-25-28(35-26)36-27(38)19-42-25/h4-8,10,12,15-16,23,32H,9,11,13-14,17-19H2,1-3H3,(H,34,39)(H,35,36,38)/t23-/m0/s1. The Kier molecular flexibility index (Phi) is 9.44. The number of cyclic esters (lactones) is 1. The molecule has 3 aromatic rings. The van der Waals surface area contributed by atoms with Crippen molar-refractivity contribution in [2.24, 2.45) is 0 Å². The van der Waals surface area contributed by atoms with Crippen LogP contribution in [-0.2, 0) is 20.8 Å². The van der Waals surface area contributed by atoms with Crippen LogP contribution in [-0.4, -0.2) is 72.6 Å². The first-order valence-electron chi connectivity index (χ1n) is 14.4. The van der Waals surface area contributed by atoms with Crippen LogP contribution in [0.1, 0.15) is 32.8 Å². The zero-order valence-corrected chi connectivity index (χ0v) is 24.9. The van der Waals surface area contributed by atoms with Gasteiger partial charge in [0, 0.05) is 24.4 Å². The van der Waals surface area contributed by atoms with Crippen molar-refractivity contribution in [1.29, 1.82) is 0 Å². The third kappa shape index (κ3) is 8.34. The zero-order chi connectivity index (χ0) is 31.1. The number of carbonyl (C=O) groups excluding carboxylic acids is 3. The molecule has 232 valence electrons. The van der Waals surface area contributed by atoms with Gasteiger partial charge in [-0.1, -0.05) is 18.2 Å². The summed E-state index contributed by atoms with van der Waals surface area (Å²) in [6.07, 6.45) is 1.06. The fraction of sp³-hybridized carbons (Fsp3) is 0.387. The molecule has 0 radical (unpaired) electrons. The highest BCUT2D eigenvalue weighted by Gasteiger charge is 2.33. The Balaban J connectivity index is 1.06. The van der Waals surface area contributed by atoms with Gasteiger partial charge in [0.15, 0.2) is 18.2 Å². The van der Waals surface area contributed by atoms with Gasteiger partial charge in [0.1, 0.15) is 29.9 Å². The number of nitrogens with one attached hydrogen (secondary N) is 3. The van der Waals surface area contributed by atoms with E-state index in [0.29, 0.717) is 55.7 Å². The quantitative estimate of drug-likeness (QED) is 0.275. The van der Waals surface area contributed by atoms with Crippen molar-refractivity contribution in [2.45, 2.75) is 45.4 Å². The minimum atomic E-state index is -0.554. The Bertz CT molecular complexity index is 1510. The molecule has 44 heavy (non-hydrogen) atoms. The monoisotopic (exact) mass is 604 g/mol. The van der Waals surface area contributed by atoms with Gasteiger partial charge in [0.2, 0.25) is 0 Å². The number of benzene rings is 1. The molecule has 1 fully saturated rings. The minimum absolute atomic E-state index is 0.0593. The van der Waals surface area contributed by atoms with E-state index in [1.54, 1.807) is 24.4 Å². The lowest BCUT2D eigenvalue weighted by atomic mass is 10.1. The summed E-state index contributed by atoms with van der Waals surface area (Å²) >= 11 is 0. The fourth-order valence-corrected chi connectivity index (χ4v) is 4.59. The predicted octanol–water partition coefficient (Wildman–Crippen LogP) is 3.88. The van der Waals surface area contributed by atoms with E-state index < -0.39 is 17.8 Å². The van der Waals surface area contributed by atoms with Gasteiger partial charge in [0.25, 0.3) is 5.91 Å². The first-order valence-corrected chi connectivity index (χ1v) is 14.4. The van der Waals surface area contributed by atoms with Gasteiger partial charge in [-0.25, -0.2) is 14.6 Å². The summed E-state index contributed by atoms with van der Waals surface area (Å²) in [6.45, 7) is 7.59. The van der Waals surface area contributed by atoms with Gasteiger partial charge < -0.3 is 34.9 Å². The van der Waals surface area contributed by atoms with Crippen LogP contribution in [0.2, 0.25) is 0 Å². The van der Waals surface area contributed by atoms with Gasteiger partial charge in [-0.2, -0.15) is 0 Å². The number of carbonyl (C=O) groups is 3. The van der Waals surface area contributed by atoms with Crippen LogP contribution in [0.4, 0.5) is 21.2 Å². The van der Waals surface area contributed by atoms with Gasteiger partial charge in [-0.05, 0) is 63.6 Å². The van der Waals surface area contributed by atoms with E-state index in [9.17, 15) is 14.4 Å². The Morgan fingerprint density at radius 3 is 2.84 bits per heavy atom. The number of pyridine rings is 2. The van der Waals surface area contributed by atoms with Crippen LogP contribution < -0.4 is 30.3 Å².